The third kappa shape index (κ3) is 68.6. The van der Waals surface area contributed by atoms with Gasteiger partial charge >= 0.3 is 33.6 Å². The van der Waals surface area contributed by atoms with Crippen LogP contribution >= 0.6 is 15.6 Å². The van der Waals surface area contributed by atoms with Crippen molar-refractivity contribution < 1.29 is 75.8 Å². The highest BCUT2D eigenvalue weighted by atomic mass is 31.2. The second kappa shape index (κ2) is 67.4. The van der Waals surface area contributed by atoms with Crippen LogP contribution in [0.3, 0.4) is 0 Å². The number of phosphoric acid groups is 2. The molecule has 0 aliphatic rings. The molecule has 0 amide bonds. The third-order valence-electron chi connectivity index (χ3n) is 14.1. The molecule has 16 nitrogen and oxygen atoms in total. The molecule has 0 heterocycles. The number of aliphatic hydroxyl groups excluding tert-OH is 2. The highest BCUT2D eigenvalue weighted by Crippen LogP contribution is 2.45. The lowest BCUT2D eigenvalue weighted by Crippen LogP contribution is -2.30. The van der Waals surface area contributed by atoms with Crippen molar-refractivity contribution in [2.45, 2.75) is 270 Å². The van der Waals surface area contributed by atoms with Crippen LogP contribution in [0.15, 0.2) is 146 Å². The quantitative estimate of drug-likeness (QED) is 0.0146. The molecule has 0 aliphatic heterocycles. The summed E-state index contributed by atoms with van der Waals surface area (Å²) in [5, 5.41) is 20.6. The van der Waals surface area contributed by atoms with E-state index in [9.17, 15) is 43.5 Å². The minimum absolute atomic E-state index is 0.0423. The Kier molecular flexibility index (Phi) is 64.1. The summed E-state index contributed by atoms with van der Waals surface area (Å²) in [4.78, 5) is 58.4. The minimum atomic E-state index is -4.95. The first-order valence-electron chi connectivity index (χ1n) is 35.1. The number of aliphatic hydroxyl groups is 2. The SMILES string of the molecule is CC/C=C\C/C=C\C/C=C\C/C=C\C/C=C\C/C=C\CCCCCCC(=O)OCC(O)COP(=O)(O)OCC(O)COP(=O)(O)OCC(COC(=O)CC/C=C\C/C=C\C/C=C\C/C=C\C/C=C\C/C=C\CC)OC(=O)CCCCCCCCCCCCCCCCC. The van der Waals surface area contributed by atoms with Crippen LogP contribution in [0.1, 0.15) is 252 Å². The molecule has 0 spiro atoms. The van der Waals surface area contributed by atoms with Gasteiger partial charge in [0.05, 0.1) is 26.4 Å². The smallest absolute Gasteiger partial charge is 0.463 e. The lowest BCUT2D eigenvalue weighted by molar-refractivity contribution is -0.161. The van der Waals surface area contributed by atoms with Crippen LogP contribution in [0.4, 0.5) is 0 Å². The molecule has 5 atom stereocenters. The third-order valence-corrected chi connectivity index (χ3v) is 16.0. The molecule has 4 N–H and O–H groups in total. The zero-order valence-electron chi connectivity index (χ0n) is 57.4. The number of esters is 3. The summed E-state index contributed by atoms with van der Waals surface area (Å²) >= 11 is 0. The number of hydrogen-bond acceptors (Lipinski definition) is 14. The number of phosphoric ester groups is 2. The fourth-order valence-corrected chi connectivity index (χ4v) is 10.4. The van der Waals surface area contributed by atoms with Crippen LogP contribution in [0.25, 0.3) is 0 Å². The van der Waals surface area contributed by atoms with Crippen LogP contribution in [0.2, 0.25) is 0 Å². The Morgan fingerprint density at radius 3 is 0.968 bits per heavy atom. The fraction of sp³-hybridized carbons (Fsp3) is 0.640. The Bertz CT molecular complexity index is 2280. The van der Waals surface area contributed by atoms with Crippen molar-refractivity contribution in [1.29, 1.82) is 0 Å². The number of allylic oxidation sites excluding steroid dienone is 24. The molecule has 0 saturated heterocycles. The summed E-state index contributed by atoms with van der Waals surface area (Å²) in [5.41, 5.74) is 0. The highest BCUT2D eigenvalue weighted by Gasteiger charge is 2.29. The van der Waals surface area contributed by atoms with E-state index in [1.54, 1.807) is 0 Å². The summed E-state index contributed by atoms with van der Waals surface area (Å²) < 4.78 is 60.8. The van der Waals surface area contributed by atoms with E-state index in [2.05, 4.69) is 148 Å². The van der Waals surface area contributed by atoms with Gasteiger partial charge in [-0.15, -0.1) is 0 Å². The second-order valence-electron chi connectivity index (χ2n) is 22.9. The molecule has 0 saturated carbocycles. The molecule has 93 heavy (non-hydrogen) atoms. The first-order valence-corrected chi connectivity index (χ1v) is 38.1. The van der Waals surface area contributed by atoms with Crippen LogP contribution in [-0.2, 0) is 55.8 Å². The van der Waals surface area contributed by atoms with Gasteiger partial charge in [-0.1, -0.05) is 269 Å². The molecule has 530 valence electrons. The molecular weight excluding hydrogens is 1220 g/mol. The van der Waals surface area contributed by atoms with Gasteiger partial charge in [0.1, 0.15) is 25.4 Å². The van der Waals surface area contributed by atoms with E-state index in [4.69, 9.17) is 32.3 Å². The minimum Gasteiger partial charge on any atom is -0.463 e. The Hall–Kier alpha value is -4.57. The summed E-state index contributed by atoms with van der Waals surface area (Å²) in [6.07, 6.45) is 80.5. The Balaban J connectivity index is 4.73. The molecule has 0 bridgehead atoms. The van der Waals surface area contributed by atoms with Gasteiger partial charge < -0.3 is 34.2 Å². The summed E-state index contributed by atoms with van der Waals surface area (Å²) in [6.45, 7) is 2.31. The predicted molar refractivity (Wildman–Crippen MR) is 380 cm³/mol. The molecule has 0 rings (SSSR count). The van der Waals surface area contributed by atoms with Crippen LogP contribution in [-0.4, -0.2) is 95.9 Å². The average Bonchev–Trinajstić information content (AvgIpc) is 3.74. The number of hydrogen-bond donors (Lipinski definition) is 4. The molecule has 18 heteroatoms. The van der Waals surface area contributed by atoms with Gasteiger partial charge in [0, 0.05) is 19.3 Å². The number of carbonyl (C=O) groups excluding carboxylic acids is 3. The maximum absolute atomic E-state index is 12.9. The molecule has 0 radical (unpaired) electrons. The molecule has 0 aromatic carbocycles. The van der Waals surface area contributed by atoms with Crippen molar-refractivity contribution in [3.05, 3.63) is 146 Å². The average molecular weight is 1340 g/mol. The number of ether oxygens (including phenoxy) is 3. The summed E-state index contributed by atoms with van der Waals surface area (Å²) in [5.74, 6) is -1.70. The monoisotopic (exact) mass is 1340 g/mol. The first-order chi connectivity index (χ1) is 45.2. The van der Waals surface area contributed by atoms with Gasteiger partial charge in [0.15, 0.2) is 6.10 Å². The van der Waals surface area contributed by atoms with Gasteiger partial charge in [-0.25, -0.2) is 9.13 Å². The van der Waals surface area contributed by atoms with E-state index < -0.39 is 91.5 Å². The molecule has 0 aromatic heterocycles. The van der Waals surface area contributed by atoms with Crippen LogP contribution in [0.5, 0.6) is 0 Å². The Morgan fingerprint density at radius 2 is 0.591 bits per heavy atom. The standard InChI is InChI=1S/C75H124O16P2/c1-4-7-10-13-16-19-22-25-28-30-32-33-34-35-37-39-41-43-46-49-52-55-58-61-73(78)85-64-70(76)65-87-92(81,82)88-66-71(77)67-89-93(83,84)90-69-72(91-75(80)63-60-57-54-51-48-45-40-27-24-21-18-15-12-9-6-3)68-86-74(79)62-59-56-53-50-47-44-42-38-36-31-29-26-23-20-17-14-11-8-5-2/h7-8,10-11,16-17,19-20,25-26,28-29,32-33,35-38,41,43-44,47,53,56,70-72,76-77H,4-6,9,12-15,18,21-24,27,30-31,34,39-40,42,45-46,48-52,54-55,57-69H2,1-3H3,(H,81,82)(H,83,84)/b10-7-,11-8-,19-16-,20-17-,28-25-,29-26-,33-32-,37-35-,38-36-,43-41-,47-44-,56-53-. The molecule has 0 aromatic rings. The Labute approximate surface area is 562 Å². The molecule has 0 aliphatic carbocycles. The normalized spacial score (nSPS) is 15.0. The van der Waals surface area contributed by atoms with Crippen molar-refractivity contribution in [3.63, 3.8) is 0 Å². The van der Waals surface area contributed by atoms with E-state index >= 15 is 0 Å². The topological polar surface area (TPSA) is 231 Å². The van der Waals surface area contributed by atoms with Gasteiger partial charge in [-0.2, -0.15) is 0 Å². The first kappa shape index (κ1) is 88.4. The fourth-order valence-electron chi connectivity index (χ4n) is 8.78. The molecular formula is C75H124O16P2. The maximum Gasteiger partial charge on any atom is 0.472 e. The van der Waals surface area contributed by atoms with Crippen LogP contribution < -0.4 is 0 Å². The summed E-state index contributed by atoms with van der Waals surface area (Å²) in [6, 6.07) is 0. The van der Waals surface area contributed by atoms with Crippen molar-refractivity contribution in [1.82, 2.24) is 0 Å². The zero-order valence-corrected chi connectivity index (χ0v) is 59.2. The Morgan fingerprint density at radius 1 is 0.312 bits per heavy atom. The zero-order chi connectivity index (χ0) is 68.1. The number of carbonyl (C=O) groups is 3. The second-order valence-corrected chi connectivity index (χ2v) is 25.8. The predicted octanol–water partition coefficient (Wildman–Crippen LogP) is 19.8. The van der Waals surface area contributed by atoms with Crippen molar-refractivity contribution >= 4 is 33.6 Å². The van der Waals surface area contributed by atoms with Gasteiger partial charge in [0.25, 0.3) is 0 Å². The van der Waals surface area contributed by atoms with E-state index in [-0.39, 0.29) is 19.3 Å². The number of unbranched alkanes of at least 4 members (excludes halogenated alkanes) is 18. The van der Waals surface area contributed by atoms with E-state index in [1.807, 2.05) is 18.2 Å². The van der Waals surface area contributed by atoms with Crippen LogP contribution in [0, 0.1) is 0 Å². The van der Waals surface area contributed by atoms with Gasteiger partial charge in [0.2, 0.25) is 0 Å². The number of rotatable bonds is 65. The largest absolute Gasteiger partial charge is 0.472 e. The van der Waals surface area contributed by atoms with E-state index in [0.717, 1.165) is 122 Å². The van der Waals surface area contributed by atoms with Crippen molar-refractivity contribution in [2.24, 2.45) is 0 Å². The molecule has 0 fully saturated rings. The van der Waals surface area contributed by atoms with E-state index in [0.29, 0.717) is 25.7 Å². The summed E-state index contributed by atoms with van der Waals surface area (Å²) in [7, 11) is -9.81. The van der Waals surface area contributed by atoms with Gasteiger partial charge in [-0.05, 0) is 109 Å². The lowest BCUT2D eigenvalue weighted by atomic mass is 10.0. The maximum atomic E-state index is 12.9. The van der Waals surface area contributed by atoms with Gasteiger partial charge in [-0.3, -0.25) is 32.5 Å². The lowest BCUT2D eigenvalue weighted by Gasteiger charge is -2.21. The highest BCUT2D eigenvalue weighted by molar-refractivity contribution is 7.47. The molecule has 5 unspecified atom stereocenters. The van der Waals surface area contributed by atoms with Crippen molar-refractivity contribution in [3.8, 4) is 0 Å². The van der Waals surface area contributed by atoms with E-state index in [1.165, 1.54) is 64.2 Å². The van der Waals surface area contributed by atoms with Crippen molar-refractivity contribution in [2.75, 3.05) is 39.6 Å².